The Labute approximate surface area is 107 Å². The predicted octanol–water partition coefficient (Wildman–Crippen LogP) is 0.921. The van der Waals surface area contributed by atoms with E-state index in [-0.39, 0.29) is 6.04 Å². The molecule has 2 N–H and O–H groups in total. The average molecular weight is 253 g/mol. The largest absolute Gasteiger partial charge is 0.465 e. The molecule has 18 heavy (non-hydrogen) atoms. The van der Waals surface area contributed by atoms with Gasteiger partial charge in [0.05, 0.1) is 37.2 Å². The van der Waals surface area contributed by atoms with Crippen LogP contribution in [0.3, 0.4) is 0 Å². The highest BCUT2D eigenvalue weighted by molar-refractivity contribution is 5.95. The lowest BCUT2D eigenvalue weighted by molar-refractivity contribution is 0.0602. The molecule has 0 aromatic carbocycles. The molecule has 1 atom stereocenters. The summed E-state index contributed by atoms with van der Waals surface area (Å²) in [7, 11) is 4.84. The van der Waals surface area contributed by atoms with E-state index in [1.165, 1.54) is 13.3 Å². The van der Waals surface area contributed by atoms with E-state index < -0.39 is 5.97 Å². The van der Waals surface area contributed by atoms with Crippen molar-refractivity contribution in [2.75, 3.05) is 38.5 Å². The van der Waals surface area contributed by atoms with Crippen molar-refractivity contribution in [1.82, 2.24) is 4.98 Å². The molecule has 0 radical (unpaired) electrons. The van der Waals surface area contributed by atoms with Crippen LogP contribution in [0, 0.1) is 0 Å². The highest BCUT2D eigenvalue weighted by Gasteiger charge is 2.16. The molecule has 1 unspecified atom stereocenters. The van der Waals surface area contributed by atoms with Gasteiger partial charge in [0.25, 0.3) is 0 Å². The van der Waals surface area contributed by atoms with E-state index in [9.17, 15) is 4.79 Å². The van der Waals surface area contributed by atoms with Gasteiger partial charge in [-0.2, -0.15) is 0 Å². The van der Waals surface area contributed by atoms with Crippen LogP contribution in [0.2, 0.25) is 0 Å². The Morgan fingerprint density at radius 2 is 2.22 bits per heavy atom. The van der Waals surface area contributed by atoms with Crippen molar-refractivity contribution in [2.45, 2.75) is 13.0 Å². The average Bonchev–Trinajstić information content (AvgIpc) is 2.38. The lowest BCUT2D eigenvalue weighted by atomic mass is 10.2. The second-order valence-corrected chi connectivity index (χ2v) is 4.04. The van der Waals surface area contributed by atoms with Crippen molar-refractivity contribution in [1.29, 1.82) is 0 Å². The zero-order valence-corrected chi connectivity index (χ0v) is 11.1. The number of hydrogen-bond acceptors (Lipinski definition) is 6. The molecule has 0 saturated carbocycles. The standard InChI is InChI=1S/C12H19N3O3/c1-8(7-17-3)15(2)11-5-9(12(16)18-4)10(13)6-14-11/h5-6,8H,7,13H2,1-4H3. The Hall–Kier alpha value is -1.82. The first kappa shape index (κ1) is 14.2. The summed E-state index contributed by atoms with van der Waals surface area (Å²) in [4.78, 5) is 17.6. The quantitative estimate of drug-likeness (QED) is 0.786. The molecule has 100 valence electrons. The van der Waals surface area contributed by atoms with Gasteiger partial charge in [-0.25, -0.2) is 9.78 Å². The molecule has 0 bridgehead atoms. The number of aromatic nitrogens is 1. The summed E-state index contributed by atoms with van der Waals surface area (Å²) in [5.74, 6) is 0.179. The molecule has 0 aliphatic heterocycles. The summed E-state index contributed by atoms with van der Waals surface area (Å²) in [6.45, 7) is 2.56. The Morgan fingerprint density at radius 3 is 2.78 bits per heavy atom. The summed E-state index contributed by atoms with van der Waals surface area (Å²) in [6.07, 6.45) is 1.46. The van der Waals surface area contributed by atoms with E-state index in [0.717, 1.165) is 0 Å². The molecule has 1 aromatic rings. The van der Waals surface area contributed by atoms with Gasteiger partial charge >= 0.3 is 5.97 Å². The topological polar surface area (TPSA) is 77.7 Å². The molecule has 6 nitrogen and oxygen atoms in total. The fraction of sp³-hybridized carbons (Fsp3) is 0.500. The molecule has 1 aromatic heterocycles. The first-order valence-electron chi connectivity index (χ1n) is 5.56. The minimum atomic E-state index is -0.469. The van der Waals surface area contributed by atoms with Crippen LogP contribution in [0.1, 0.15) is 17.3 Å². The Kier molecular flexibility index (Phi) is 4.91. The van der Waals surface area contributed by atoms with Crippen LogP contribution in [0.4, 0.5) is 11.5 Å². The minimum absolute atomic E-state index is 0.136. The Morgan fingerprint density at radius 1 is 1.56 bits per heavy atom. The van der Waals surface area contributed by atoms with Crippen molar-refractivity contribution in [2.24, 2.45) is 0 Å². The maximum atomic E-state index is 11.5. The molecule has 1 heterocycles. The first-order valence-corrected chi connectivity index (χ1v) is 5.56. The van der Waals surface area contributed by atoms with Crippen LogP contribution in [-0.2, 0) is 9.47 Å². The van der Waals surface area contributed by atoms with Crippen LogP contribution >= 0.6 is 0 Å². The summed E-state index contributed by atoms with van der Waals surface area (Å²) in [5.41, 5.74) is 6.32. The number of nitrogens with zero attached hydrogens (tertiary/aromatic N) is 2. The molecule has 1 rings (SSSR count). The van der Waals surface area contributed by atoms with Gasteiger partial charge in [0.15, 0.2) is 0 Å². The van der Waals surface area contributed by atoms with Crippen LogP contribution < -0.4 is 10.6 Å². The fourth-order valence-electron chi connectivity index (χ4n) is 1.51. The monoisotopic (exact) mass is 253 g/mol. The van der Waals surface area contributed by atoms with Crippen LogP contribution in [0.25, 0.3) is 0 Å². The van der Waals surface area contributed by atoms with E-state index >= 15 is 0 Å². The van der Waals surface area contributed by atoms with Crippen molar-refractivity contribution in [3.05, 3.63) is 17.8 Å². The van der Waals surface area contributed by atoms with Gasteiger partial charge in [-0.1, -0.05) is 0 Å². The molecule has 0 fully saturated rings. The molecule has 0 spiro atoms. The zero-order valence-electron chi connectivity index (χ0n) is 11.1. The van der Waals surface area contributed by atoms with Gasteiger partial charge in [0.1, 0.15) is 5.82 Å². The van der Waals surface area contributed by atoms with Crippen LogP contribution in [0.15, 0.2) is 12.3 Å². The Balaban J connectivity index is 3.00. The maximum Gasteiger partial charge on any atom is 0.340 e. The summed E-state index contributed by atoms with van der Waals surface area (Å²) in [5, 5.41) is 0. The number of carbonyl (C=O) groups excluding carboxylic acids is 1. The van der Waals surface area contributed by atoms with E-state index in [1.54, 1.807) is 13.2 Å². The van der Waals surface area contributed by atoms with Crippen molar-refractivity contribution < 1.29 is 14.3 Å². The molecular formula is C12H19N3O3. The lowest BCUT2D eigenvalue weighted by Gasteiger charge is -2.25. The molecule has 0 aliphatic rings. The molecular weight excluding hydrogens is 234 g/mol. The van der Waals surface area contributed by atoms with Crippen LogP contribution in [0.5, 0.6) is 0 Å². The molecule has 0 aliphatic carbocycles. The number of likely N-dealkylation sites (N-methyl/N-ethyl adjacent to an activating group) is 1. The van der Waals surface area contributed by atoms with Crippen molar-refractivity contribution >= 4 is 17.5 Å². The van der Waals surface area contributed by atoms with Crippen molar-refractivity contribution in [3.8, 4) is 0 Å². The smallest absolute Gasteiger partial charge is 0.340 e. The third kappa shape index (κ3) is 3.10. The maximum absolute atomic E-state index is 11.5. The number of nitrogen functional groups attached to an aromatic ring is 1. The first-order chi connectivity index (χ1) is 8.51. The third-order valence-electron chi connectivity index (χ3n) is 2.76. The molecule has 0 saturated heterocycles. The Bertz CT molecular complexity index is 423. The number of anilines is 2. The van der Waals surface area contributed by atoms with Gasteiger partial charge in [-0.05, 0) is 13.0 Å². The van der Waals surface area contributed by atoms with E-state index in [1.807, 2.05) is 18.9 Å². The number of nitrogens with two attached hydrogens (primary N) is 1. The van der Waals surface area contributed by atoms with E-state index in [2.05, 4.69) is 9.72 Å². The summed E-state index contributed by atoms with van der Waals surface area (Å²) in [6, 6.07) is 1.75. The van der Waals surface area contributed by atoms with Crippen LogP contribution in [-0.4, -0.2) is 44.9 Å². The second-order valence-electron chi connectivity index (χ2n) is 4.04. The molecule has 6 heteroatoms. The normalized spacial score (nSPS) is 12.0. The van der Waals surface area contributed by atoms with Gasteiger partial charge in [-0.3, -0.25) is 0 Å². The second kappa shape index (κ2) is 6.20. The number of ether oxygens (including phenoxy) is 2. The number of esters is 1. The lowest BCUT2D eigenvalue weighted by Crippen LogP contribution is -2.33. The zero-order chi connectivity index (χ0) is 13.7. The van der Waals surface area contributed by atoms with Crippen molar-refractivity contribution in [3.63, 3.8) is 0 Å². The number of hydrogen-bond donors (Lipinski definition) is 1. The van der Waals surface area contributed by atoms with E-state index in [4.69, 9.17) is 10.5 Å². The van der Waals surface area contributed by atoms with Gasteiger partial charge < -0.3 is 20.1 Å². The summed E-state index contributed by atoms with van der Waals surface area (Å²) >= 11 is 0. The number of pyridine rings is 1. The number of carbonyl (C=O) groups is 1. The highest BCUT2D eigenvalue weighted by atomic mass is 16.5. The SMILES string of the molecule is COCC(C)N(C)c1cc(C(=O)OC)c(N)cn1. The summed E-state index contributed by atoms with van der Waals surface area (Å²) < 4.78 is 9.75. The van der Waals surface area contributed by atoms with Gasteiger partial charge in [0, 0.05) is 14.2 Å². The van der Waals surface area contributed by atoms with E-state index in [0.29, 0.717) is 23.7 Å². The molecule has 0 amide bonds. The fourth-order valence-corrected chi connectivity index (χ4v) is 1.51. The van der Waals surface area contributed by atoms with Gasteiger partial charge in [-0.15, -0.1) is 0 Å². The van der Waals surface area contributed by atoms with Gasteiger partial charge in [0.2, 0.25) is 0 Å². The third-order valence-corrected chi connectivity index (χ3v) is 2.76. The highest BCUT2D eigenvalue weighted by Crippen LogP contribution is 2.19. The number of methoxy groups -OCH3 is 2. The minimum Gasteiger partial charge on any atom is -0.465 e. The number of rotatable bonds is 5. The predicted molar refractivity (Wildman–Crippen MR) is 69.7 cm³/mol.